The second-order valence-electron chi connectivity index (χ2n) is 8.28. The molecule has 4 aromatic carbocycles. The third-order valence-corrected chi connectivity index (χ3v) is 5.84. The summed E-state index contributed by atoms with van der Waals surface area (Å²) < 4.78 is 0. The molecule has 0 N–H and O–H groups in total. The minimum Gasteiger partial charge on any atom is -1.00 e. The molecule has 3 heteroatoms. The zero-order chi connectivity index (χ0) is 20.3. The molecule has 0 radical (unpaired) electrons. The van der Waals surface area contributed by atoms with Crippen LogP contribution in [-0.4, -0.2) is 0 Å². The second-order valence-corrected chi connectivity index (χ2v) is 8.28. The van der Waals surface area contributed by atoms with Gasteiger partial charge in [-0.15, -0.1) is 68.1 Å². The maximum Gasteiger partial charge on any atom is 4.00 e. The first-order valence-corrected chi connectivity index (χ1v) is 10.8. The standard InChI is InChI=1S/2C14H17.2ClH.Zr/c2*1-4-5-12-8-13-10(2)6-7-11(3)14(13)9-12;;;/h2*6-9H,4-5H2,1-3H3;2*1H;/q2*-1;;;+4/p-2. The van der Waals surface area contributed by atoms with Crippen LogP contribution in [0.4, 0.5) is 0 Å². The van der Waals surface area contributed by atoms with Crippen molar-refractivity contribution < 1.29 is 51.0 Å². The van der Waals surface area contributed by atoms with Gasteiger partial charge in [0.2, 0.25) is 0 Å². The molecule has 0 aliphatic rings. The summed E-state index contributed by atoms with van der Waals surface area (Å²) in [7, 11) is 0. The van der Waals surface area contributed by atoms with Crippen molar-refractivity contribution in [3.05, 3.63) is 81.9 Å². The van der Waals surface area contributed by atoms with Gasteiger partial charge in [-0.1, -0.05) is 63.8 Å². The van der Waals surface area contributed by atoms with E-state index in [2.05, 4.69) is 90.1 Å². The van der Waals surface area contributed by atoms with E-state index < -0.39 is 0 Å². The monoisotopic (exact) mass is 530 g/mol. The van der Waals surface area contributed by atoms with Gasteiger partial charge in [-0.3, -0.25) is 0 Å². The number of fused-ring (bicyclic) bond motifs is 2. The largest absolute Gasteiger partial charge is 4.00 e. The van der Waals surface area contributed by atoms with E-state index in [9.17, 15) is 0 Å². The van der Waals surface area contributed by atoms with Gasteiger partial charge in [0.15, 0.2) is 0 Å². The van der Waals surface area contributed by atoms with Gasteiger partial charge in [0.05, 0.1) is 0 Å². The van der Waals surface area contributed by atoms with Crippen LogP contribution in [0.15, 0.2) is 48.5 Å². The summed E-state index contributed by atoms with van der Waals surface area (Å²) in [5.41, 5.74) is 8.56. The zero-order valence-corrected chi connectivity index (χ0v) is 23.7. The minimum atomic E-state index is 0. The number of benzene rings is 2. The molecule has 0 amide bonds. The molecule has 0 bridgehead atoms. The number of aryl methyl sites for hydroxylation is 6. The van der Waals surface area contributed by atoms with Crippen LogP contribution in [0.1, 0.15) is 60.1 Å². The van der Waals surface area contributed by atoms with Crippen molar-refractivity contribution in [2.75, 3.05) is 0 Å². The van der Waals surface area contributed by atoms with Crippen molar-refractivity contribution >= 4 is 21.5 Å². The van der Waals surface area contributed by atoms with Crippen LogP contribution in [0, 0.1) is 27.7 Å². The van der Waals surface area contributed by atoms with Crippen LogP contribution < -0.4 is 24.8 Å². The van der Waals surface area contributed by atoms with E-state index in [-0.39, 0.29) is 51.0 Å². The van der Waals surface area contributed by atoms with E-state index in [0.717, 1.165) is 0 Å². The van der Waals surface area contributed by atoms with Gasteiger partial charge in [-0.05, 0) is 26.7 Å². The molecule has 0 heterocycles. The number of halogens is 2. The zero-order valence-electron chi connectivity index (χ0n) is 19.7. The minimum absolute atomic E-state index is 0. The van der Waals surface area contributed by atoms with Gasteiger partial charge in [-0.2, -0.15) is 12.1 Å². The van der Waals surface area contributed by atoms with Crippen LogP contribution in [0.5, 0.6) is 0 Å². The summed E-state index contributed by atoms with van der Waals surface area (Å²) in [4.78, 5) is 0. The Balaban J connectivity index is 0.000000529. The van der Waals surface area contributed by atoms with Gasteiger partial charge in [0.1, 0.15) is 0 Å². The molecule has 0 nitrogen and oxygen atoms in total. The van der Waals surface area contributed by atoms with Gasteiger partial charge in [-0.25, -0.2) is 0 Å². The summed E-state index contributed by atoms with van der Waals surface area (Å²) >= 11 is 0. The molecule has 164 valence electrons. The molecule has 0 spiro atoms. The maximum atomic E-state index is 2.35. The number of rotatable bonds is 4. The molecular weight excluding hydrogens is 498 g/mol. The quantitative estimate of drug-likeness (QED) is 0.354. The first-order chi connectivity index (χ1) is 13.4. The third kappa shape index (κ3) is 7.05. The van der Waals surface area contributed by atoms with Crippen molar-refractivity contribution in [3.63, 3.8) is 0 Å². The van der Waals surface area contributed by atoms with Crippen LogP contribution >= 0.6 is 0 Å². The summed E-state index contributed by atoms with van der Waals surface area (Å²) in [6.07, 6.45) is 4.87. The summed E-state index contributed by atoms with van der Waals surface area (Å²) in [6.45, 7) is 13.2. The molecule has 0 aromatic heterocycles. The SMILES string of the molecule is CCCc1cc2c(C)ccc(C)c2[cH-]1.CCCc1cc2c(C)ccc(C)c2[cH-]1.[Cl-].[Cl-].[Zr+4]. The van der Waals surface area contributed by atoms with Gasteiger partial charge >= 0.3 is 26.2 Å². The molecule has 0 aliphatic heterocycles. The first-order valence-electron chi connectivity index (χ1n) is 10.8. The molecular formula is C28H34Cl2Zr. The third-order valence-electron chi connectivity index (χ3n) is 5.84. The topological polar surface area (TPSA) is 0 Å². The predicted octanol–water partition coefficient (Wildman–Crippen LogP) is 2.26. The van der Waals surface area contributed by atoms with Crippen LogP contribution in [0.2, 0.25) is 0 Å². The molecule has 0 saturated heterocycles. The maximum absolute atomic E-state index is 2.35. The van der Waals surface area contributed by atoms with Crippen molar-refractivity contribution in [2.45, 2.75) is 67.2 Å². The fourth-order valence-corrected chi connectivity index (χ4v) is 4.17. The molecule has 0 saturated carbocycles. The van der Waals surface area contributed by atoms with Crippen molar-refractivity contribution in [1.29, 1.82) is 0 Å². The Morgan fingerprint density at radius 1 is 0.581 bits per heavy atom. The van der Waals surface area contributed by atoms with Crippen molar-refractivity contribution in [3.8, 4) is 0 Å². The van der Waals surface area contributed by atoms with Crippen LogP contribution in [0.3, 0.4) is 0 Å². The molecule has 0 fully saturated rings. The summed E-state index contributed by atoms with van der Waals surface area (Å²) in [6, 6.07) is 18.3. The molecule has 4 rings (SSSR count). The van der Waals surface area contributed by atoms with Crippen LogP contribution in [-0.2, 0) is 39.0 Å². The van der Waals surface area contributed by atoms with Gasteiger partial charge in [0, 0.05) is 0 Å². The predicted molar refractivity (Wildman–Crippen MR) is 126 cm³/mol. The first kappa shape index (κ1) is 30.1. The summed E-state index contributed by atoms with van der Waals surface area (Å²) in [5.74, 6) is 0. The number of hydrogen-bond acceptors (Lipinski definition) is 0. The van der Waals surface area contributed by atoms with E-state index in [1.807, 2.05) is 0 Å². The molecule has 31 heavy (non-hydrogen) atoms. The van der Waals surface area contributed by atoms with E-state index in [4.69, 9.17) is 0 Å². The van der Waals surface area contributed by atoms with E-state index in [1.165, 1.54) is 80.6 Å². The van der Waals surface area contributed by atoms with Gasteiger partial charge in [0.25, 0.3) is 0 Å². The molecule has 4 aromatic rings. The van der Waals surface area contributed by atoms with E-state index in [1.54, 1.807) is 0 Å². The Morgan fingerprint density at radius 3 is 1.19 bits per heavy atom. The number of hydrogen-bond donors (Lipinski definition) is 0. The fourth-order valence-electron chi connectivity index (χ4n) is 4.17. The summed E-state index contributed by atoms with van der Waals surface area (Å²) in [5, 5.41) is 5.75. The Morgan fingerprint density at radius 2 is 0.903 bits per heavy atom. The van der Waals surface area contributed by atoms with E-state index >= 15 is 0 Å². The van der Waals surface area contributed by atoms with Crippen LogP contribution in [0.25, 0.3) is 21.5 Å². The fraction of sp³-hybridized carbons (Fsp3) is 0.357. The Bertz CT molecular complexity index is 919. The smallest absolute Gasteiger partial charge is 1.00 e. The Hall–Kier alpha value is -0.877. The van der Waals surface area contributed by atoms with Crippen molar-refractivity contribution in [2.24, 2.45) is 0 Å². The molecule has 0 atom stereocenters. The molecule has 0 aliphatic carbocycles. The van der Waals surface area contributed by atoms with E-state index in [0.29, 0.717) is 0 Å². The average molecular weight is 533 g/mol. The Kier molecular flexibility index (Phi) is 13.2. The second kappa shape index (κ2) is 13.6. The van der Waals surface area contributed by atoms with Gasteiger partial charge < -0.3 is 24.8 Å². The van der Waals surface area contributed by atoms with Crippen molar-refractivity contribution in [1.82, 2.24) is 0 Å². The molecule has 0 unspecified atom stereocenters. The normalized spacial score (nSPS) is 10.0. The average Bonchev–Trinajstić information content (AvgIpc) is 3.29. The Labute approximate surface area is 220 Å².